The number of benzene rings is 2. The third-order valence-corrected chi connectivity index (χ3v) is 4.78. The lowest BCUT2D eigenvalue weighted by Crippen LogP contribution is -2.16. The number of rotatable bonds is 9. The Balaban J connectivity index is 2.22. The van der Waals surface area contributed by atoms with E-state index in [0.29, 0.717) is 33.8 Å². The van der Waals surface area contributed by atoms with Gasteiger partial charge in [0, 0.05) is 17.4 Å². The number of aryl methyl sites for hydroxylation is 2. The Kier molecular flexibility index (Phi) is 8.13. The number of ether oxygens (including phenoxy) is 1. The van der Waals surface area contributed by atoms with Crippen molar-refractivity contribution in [2.24, 2.45) is 0 Å². The fourth-order valence-electron chi connectivity index (χ4n) is 3.16. The summed E-state index contributed by atoms with van der Waals surface area (Å²) in [5.74, 6) is -1.41. The van der Waals surface area contributed by atoms with Gasteiger partial charge in [0.2, 0.25) is 5.91 Å². The van der Waals surface area contributed by atoms with E-state index in [2.05, 4.69) is 10.6 Å². The first-order chi connectivity index (χ1) is 14.9. The Bertz CT molecular complexity index is 967. The molecule has 0 aliphatic carbocycles. The standard InChI is InChI=1S/C23H27F3N2O4/c1-5-15(4)27-19-9-16(8-17(10-19)23(24,25)26)12-32-22-13(2)6-18(7-14(22)3)28-20(29)11-21(30)31/h6-10,15,27H,5,11-12H2,1-4H3,(H,28,29)(H,30,31). The Hall–Kier alpha value is -3.23. The molecular weight excluding hydrogens is 425 g/mol. The largest absolute Gasteiger partial charge is 0.488 e. The lowest BCUT2D eigenvalue weighted by Gasteiger charge is -2.18. The van der Waals surface area contributed by atoms with Gasteiger partial charge in [-0.15, -0.1) is 0 Å². The highest BCUT2D eigenvalue weighted by Gasteiger charge is 2.31. The smallest absolute Gasteiger partial charge is 0.416 e. The second kappa shape index (κ2) is 10.4. The van der Waals surface area contributed by atoms with E-state index >= 15 is 0 Å². The molecule has 3 N–H and O–H groups in total. The van der Waals surface area contributed by atoms with Gasteiger partial charge in [0.25, 0.3) is 0 Å². The van der Waals surface area contributed by atoms with E-state index < -0.39 is 30.0 Å². The van der Waals surface area contributed by atoms with Gasteiger partial charge >= 0.3 is 12.1 Å². The molecule has 0 saturated carbocycles. The topological polar surface area (TPSA) is 87.7 Å². The lowest BCUT2D eigenvalue weighted by molar-refractivity contribution is -0.140. The molecule has 2 aromatic rings. The first kappa shape index (κ1) is 25.0. The van der Waals surface area contributed by atoms with E-state index in [1.165, 1.54) is 0 Å². The lowest BCUT2D eigenvalue weighted by atomic mass is 10.1. The van der Waals surface area contributed by atoms with Crippen LogP contribution in [0.1, 0.15) is 48.9 Å². The molecule has 0 aromatic heterocycles. The third-order valence-electron chi connectivity index (χ3n) is 4.78. The van der Waals surface area contributed by atoms with Gasteiger partial charge in [-0.1, -0.05) is 6.92 Å². The molecule has 0 spiro atoms. The first-order valence-corrected chi connectivity index (χ1v) is 10.1. The monoisotopic (exact) mass is 452 g/mol. The van der Waals surface area contributed by atoms with Gasteiger partial charge in [0.1, 0.15) is 18.8 Å². The van der Waals surface area contributed by atoms with Crippen LogP contribution in [0, 0.1) is 13.8 Å². The van der Waals surface area contributed by atoms with Crippen LogP contribution in [0.25, 0.3) is 0 Å². The minimum absolute atomic E-state index is 0.0145. The molecular formula is C23H27F3N2O4. The predicted molar refractivity (Wildman–Crippen MR) is 116 cm³/mol. The summed E-state index contributed by atoms with van der Waals surface area (Å²) in [6.45, 7) is 7.22. The average Bonchev–Trinajstić information content (AvgIpc) is 2.65. The number of carboxylic acids is 1. The predicted octanol–water partition coefficient (Wildman–Crippen LogP) is 5.52. The molecule has 174 valence electrons. The van der Waals surface area contributed by atoms with Gasteiger partial charge < -0.3 is 20.5 Å². The summed E-state index contributed by atoms with van der Waals surface area (Å²) < 4.78 is 45.9. The molecule has 0 fully saturated rings. The molecule has 0 saturated heterocycles. The van der Waals surface area contributed by atoms with Crippen LogP contribution < -0.4 is 15.4 Å². The third kappa shape index (κ3) is 7.18. The number of carbonyl (C=O) groups excluding carboxylic acids is 1. The van der Waals surface area contributed by atoms with E-state index in [4.69, 9.17) is 9.84 Å². The molecule has 9 heteroatoms. The first-order valence-electron chi connectivity index (χ1n) is 10.1. The molecule has 0 bridgehead atoms. The normalized spacial score (nSPS) is 12.2. The molecule has 1 unspecified atom stereocenters. The fourth-order valence-corrected chi connectivity index (χ4v) is 3.16. The quantitative estimate of drug-likeness (QED) is 0.436. The maximum atomic E-state index is 13.3. The number of alkyl halides is 3. The van der Waals surface area contributed by atoms with E-state index in [1.54, 1.807) is 32.0 Å². The van der Waals surface area contributed by atoms with Crippen LogP contribution in [0.15, 0.2) is 30.3 Å². The number of hydrogen-bond donors (Lipinski definition) is 3. The molecule has 2 rings (SSSR count). The van der Waals surface area contributed by atoms with Crippen LogP contribution in [-0.2, 0) is 22.4 Å². The van der Waals surface area contributed by atoms with E-state index in [1.807, 2.05) is 13.8 Å². The molecule has 0 aliphatic rings. The van der Waals surface area contributed by atoms with Crippen LogP contribution in [0.2, 0.25) is 0 Å². The van der Waals surface area contributed by atoms with Gasteiger partial charge in [-0.3, -0.25) is 9.59 Å². The zero-order valence-electron chi connectivity index (χ0n) is 18.4. The van der Waals surface area contributed by atoms with Gasteiger partial charge in [-0.25, -0.2) is 0 Å². The summed E-state index contributed by atoms with van der Waals surface area (Å²) in [5, 5.41) is 14.3. The summed E-state index contributed by atoms with van der Waals surface area (Å²) in [7, 11) is 0. The molecule has 2 aromatic carbocycles. The van der Waals surface area contributed by atoms with Crippen molar-refractivity contribution < 1.29 is 32.6 Å². The van der Waals surface area contributed by atoms with E-state index in [-0.39, 0.29) is 12.6 Å². The second-order valence-electron chi connectivity index (χ2n) is 7.72. The number of hydrogen-bond acceptors (Lipinski definition) is 4. The summed E-state index contributed by atoms with van der Waals surface area (Å²) in [6, 6.07) is 7.02. The fraction of sp³-hybridized carbons (Fsp3) is 0.391. The van der Waals surface area contributed by atoms with Crippen molar-refractivity contribution in [3.8, 4) is 5.75 Å². The van der Waals surface area contributed by atoms with Crippen LogP contribution in [0.3, 0.4) is 0 Å². The minimum atomic E-state index is -4.48. The number of nitrogens with one attached hydrogen (secondary N) is 2. The Morgan fingerprint density at radius 3 is 2.22 bits per heavy atom. The molecule has 1 atom stereocenters. The highest BCUT2D eigenvalue weighted by molar-refractivity contribution is 6.01. The van der Waals surface area contributed by atoms with Crippen molar-refractivity contribution >= 4 is 23.3 Å². The molecule has 0 heterocycles. The van der Waals surface area contributed by atoms with Crippen LogP contribution >= 0.6 is 0 Å². The summed E-state index contributed by atoms with van der Waals surface area (Å²) in [4.78, 5) is 22.3. The van der Waals surface area contributed by atoms with Crippen molar-refractivity contribution in [2.75, 3.05) is 10.6 Å². The number of anilines is 2. The second-order valence-corrected chi connectivity index (χ2v) is 7.72. The zero-order chi connectivity index (χ0) is 24.1. The number of amides is 1. The van der Waals surface area contributed by atoms with Crippen molar-refractivity contribution in [2.45, 2.75) is 59.4 Å². The van der Waals surface area contributed by atoms with Crippen LogP contribution in [-0.4, -0.2) is 23.0 Å². The molecule has 0 radical (unpaired) electrons. The Morgan fingerprint density at radius 1 is 1.06 bits per heavy atom. The summed E-state index contributed by atoms with van der Waals surface area (Å²) >= 11 is 0. The number of carbonyl (C=O) groups is 2. The van der Waals surface area contributed by atoms with E-state index in [9.17, 15) is 22.8 Å². The zero-order valence-corrected chi connectivity index (χ0v) is 18.4. The Morgan fingerprint density at radius 2 is 1.69 bits per heavy atom. The number of aliphatic carboxylic acids is 1. The summed E-state index contributed by atoms with van der Waals surface area (Å²) in [5.41, 5.74) is 1.70. The van der Waals surface area contributed by atoms with E-state index in [0.717, 1.165) is 18.6 Å². The molecule has 1 amide bonds. The van der Waals surface area contributed by atoms with Gasteiger partial charge in [-0.2, -0.15) is 13.2 Å². The minimum Gasteiger partial charge on any atom is -0.488 e. The molecule has 32 heavy (non-hydrogen) atoms. The van der Waals surface area contributed by atoms with Gasteiger partial charge in [-0.05, 0) is 74.2 Å². The maximum absolute atomic E-state index is 13.3. The average molecular weight is 452 g/mol. The van der Waals surface area contributed by atoms with Crippen LogP contribution in [0.5, 0.6) is 5.75 Å². The van der Waals surface area contributed by atoms with Crippen LogP contribution in [0.4, 0.5) is 24.5 Å². The maximum Gasteiger partial charge on any atom is 0.416 e. The molecule has 0 aliphatic heterocycles. The highest BCUT2D eigenvalue weighted by Crippen LogP contribution is 2.33. The number of halogens is 3. The van der Waals surface area contributed by atoms with Crippen molar-refractivity contribution in [3.63, 3.8) is 0 Å². The molecule has 6 nitrogen and oxygen atoms in total. The highest BCUT2D eigenvalue weighted by atomic mass is 19.4. The Labute approximate surface area is 184 Å². The van der Waals surface area contributed by atoms with Gasteiger partial charge in [0.15, 0.2) is 0 Å². The van der Waals surface area contributed by atoms with Crippen molar-refractivity contribution in [3.05, 3.63) is 52.6 Å². The SMILES string of the molecule is CCC(C)Nc1cc(COc2c(C)cc(NC(=O)CC(=O)O)cc2C)cc(C(F)(F)F)c1. The van der Waals surface area contributed by atoms with Crippen molar-refractivity contribution in [1.29, 1.82) is 0 Å². The van der Waals surface area contributed by atoms with Gasteiger partial charge in [0.05, 0.1) is 5.56 Å². The summed E-state index contributed by atoms with van der Waals surface area (Å²) in [6.07, 6.45) is -4.38. The van der Waals surface area contributed by atoms with Crippen molar-refractivity contribution in [1.82, 2.24) is 0 Å². The number of carboxylic acid groups (broad SMARTS) is 1.